The SMILES string of the molecule is Cc1cc(CC(=O)N[C@@H]2CCC(=O)N[C@H]2C2CC2)n(C)n1. The molecule has 1 saturated carbocycles. The summed E-state index contributed by atoms with van der Waals surface area (Å²) in [6.45, 7) is 1.92. The van der Waals surface area contributed by atoms with Crippen LogP contribution in [0, 0.1) is 12.8 Å². The van der Waals surface area contributed by atoms with Crippen molar-refractivity contribution in [2.24, 2.45) is 13.0 Å². The lowest BCUT2D eigenvalue weighted by atomic mass is 9.94. The van der Waals surface area contributed by atoms with E-state index < -0.39 is 0 Å². The van der Waals surface area contributed by atoms with Crippen molar-refractivity contribution in [3.8, 4) is 0 Å². The fourth-order valence-electron chi connectivity index (χ4n) is 3.14. The summed E-state index contributed by atoms with van der Waals surface area (Å²) < 4.78 is 1.75. The molecule has 1 aromatic rings. The Morgan fingerprint density at radius 1 is 1.48 bits per heavy atom. The maximum absolute atomic E-state index is 12.2. The molecule has 3 rings (SSSR count). The molecule has 0 aromatic carbocycles. The largest absolute Gasteiger partial charge is 0.351 e. The Balaban J connectivity index is 1.60. The molecular weight excluding hydrogens is 268 g/mol. The van der Waals surface area contributed by atoms with Crippen LogP contribution in [0.4, 0.5) is 0 Å². The van der Waals surface area contributed by atoms with Crippen molar-refractivity contribution in [3.05, 3.63) is 17.5 Å². The quantitative estimate of drug-likeness (QED) is 0.845. The summed E-state index contributed by atoms with van der Waals surface area (Å²) in [4.78, 5) is 23.8. The Morgan fingerprint density at radius 3 is 2.86 bits per heavy atom. The normalized spacial score (nSPS) is 25.5. The van der Waals surface area contributed by atoms with E-state index >= 15 is 0 Å². The lowest BCUT2D eigenvalue weighted by molar-refractivity contribution is -0.127. The number of piperidine rings is 1. The molecule has 114 valence electrons. The van der Waals surface area contributed by atoms with Crippen LogP contribution >= 0.6 is 0 Å². The van der Waals surface area contributed by atoms with Crippen LogP contribution in [0.1, 0.15) is 37.1 Å². The summed E-state index contributed by atoms with van der Waals surface area (Å²) in [5.41, 5.74) is 1.83. The van der Waals surface area contributed by atoms with E-state index in [9.17, 15) is 9.59 Å². The van der Waals surface area contributed by atoms with Gasteiger partial charge in [-0.2, -0.15) is 5.10 Å². The van der Waals surface area contributed by atoms with Crippen molar-refractivity contribution in [2.75, 3.05) is 0 Å². The first-order valence-corrected chi connectivity index (χ1v) is 7.61. The molecule has 2 amide bonds. The molecule has 0 unspecified atom stereocenters. The molecule has 1 aliphatic heterocycles. The third-order valence-electron chi connectivity index (χ3n) is 4.36. The average molecular weight is 290 g/mol. The Bertz CT molecular complexity index is 562. The molecule has 1 aromatic heterocycles. The zero-order valence-corrected chi connectivity index (χ0v) is 12.6. The smallest absolute Gasteiger partial charge is 0.226 e. The van der Waals surface area contributed by atoms with Crippen LogP contribution in [-0.2, 0) is 23.1 Å². The molecule has 1 saturated heterocycles. The number of aryl methyl sites for hydroxylation is 2. The first kappa shape index (κ1) is 14.1. The van der Waals surface area contributed by atoms with Gasteiger partial charge in [-0.3, -0.25) is 14.3 Å². The van der Waals surface area contributed by atoms with Crippen LogP contribution in [0.5, 0.6) is 0 Å². The minimum Gasteiger partial charge on any atom is -0.351 e. The molecule has 2 atom stereocenters. The van der Waals surface area contributed by atoms with Crippen LogP contribution in [0.3, 0.4) is 0 Å². The van der Waals surface area contributed by atoms with E-state index in [1.165, 1.54) is 0 Å². The third-order valence-corrected chi connectivity index (χ3v) is 4.36. The molecular formula is C15H22N4O2. The summed E-state index contributed by atoms with van der Waals surface area (Å²) in [5, 5.41) is 10.4. The predicted molar refractivity (Wildman–Crippen MR) is 77.5 cm³/mol. The summed E-state index contributed by atoms with van der Waals surface area (Å²) in [7, 11) is 1.85. The van der Waals surface area contributed by atoms with E-state index in [1.807, 2.05) is 20.0 Å². The highest BCUT2D eigenvalue weighted by atomic mass is 16.2. The number of rotatable bonds is 4. The highest BCUT2D eigenvalue weighted by Crippen LogP contribution is 2.36. The molecule has 0 spiro atoms. The fourth-order valence-corrected chi connectivity index (χ4v) is 3.14. The number of nitrogens with one attached hydrogen (secondary N) is 2. The summed E-state index contributed by atoms with van der Waals surface area (Å²) in [5.74, 6) is 0.656. The zero-order chi connectivity index (χ0) is 15.0. The van der Waals surface area contributed by atoms with Crippen molar-refractivity contribution in [1.82, 2.24) is 20.4 Å². The monoisotopic (exact) mass is 290 g/mol. The number of hydrogen-bond acceptors (Lipinski definition) is 3. The second kappa shape index (κ2) is 5.50. The molecule has 6 nitrogen and oxygen atoms in total. The molecule has 2 heterocycles. The van der Waals surface area contributed by atoms with Gasteiger partial charge in [0.15, 0.2) is 0 Å². The van der Waals surface area contributed by atoms with E-state index in [-0.39, 0.29) is 23.9 Å². The summed E-state index contributed by atoms with van der Waals surface area (Å²) >= 11 is 0. The highest BCUT2D eigenvalue weighted by molar-refractivity contribution is 5.80. The minimum absolute atomic E-state index is 0.00444. The molecule has 1 aliphatic carbocycles. The summed E-state index contributed by atoms with van der Waals surface area (Å²) in [6.07, 6.45) is 3.87. The second-order valence-electron chi connectivity index (χ2n) is 6.22. The van der Waals surface area contributed by atoms with Crippen LogP contribution in [-0.4, -0.2) is 33.7 Å². The molecule has 2 aliphatic rings. The maximum atomic E-state index is 12.2. The molecule has 6 heteroatoms. The van der Waals surface area contributed by atoms with Gasteiger partial charge in [0, 0.05) is 25.2 Å². The number of hydrogen-bond donors (Lipinski definition) is 2. The first-order valence-electron chi connectivity index (χ1n) is 7.61. The van der Waals surface area contributed by atoms with Gasteiger partial charge in [0.25, 0.3) is 0 Å². The van der Waals surface area contributed by atoms with Gasteiger partial charge in [-0.25, -0.2) is 0 Å². The molecule has 0 bridgehead atoms. The topological polar surface area (TPSA) is 76.0 Å². The first-order chi connectivity index (χ1) is 10.0. The van der Waals surface area contributed by atoms with Crippen molar-refractivity contribution < 1.29 is 9.59 Å². The number of nitrogens with zero attached hydrogens (tertiary/aromatic N) is 2. The lowest BCUT2D eigenvalue weighted by Gasteiger charge is -2.33. The Kier molecular flexibility index (Phi) is 3.69. The second-order valence-corrected chi connectivity index (χ2v) is 6.22. The number of aromatic nitrogens is 2. The van der Waals surface area contributed by atoms with Gasteiger partial charge in [0.2, 0.25) is 11.8 Å². The van der Waals surface area contributed by atoms with Crippen molar-refractivity contribution in [3.63, 3.8) is 0 Å². The van der Waals surface area contributed by atoms with Gasteiger partial charge in [0.1, 0.15) is 0 Å². The van der Waals surface area contributed by atoms with Crippen molar-refractivity contribution >= 4 is 11.8 Å². The molecule has 0 radical (unpaired) electrons. The predicted octanol–water partition coefficient (Wildman–Crippen LogP) is 0.444. The van der Waals surface area contributed by atoms with Crippen LogP contribution < -0.4 is 10.6 Å². The lowest BCUT2D eigenvalue weighted by Crippen LogP contribution is -2.56. The number of amides is 2. The van der Waals surface area contributed by atoms with Crippen LogP contribution in [0.25, 0.3) is 0 Å². The van der Waals surface area contributed by atoms with Gasteiger partial charge in [-0.15, -0.1) is 0 Å². The number of carbonyl (C=O) groups is 2. The highest BCUT2D eigenvalue weighted by Gasteiger charge is 2.40. The van der Waals surface area contributed by atoms with E-state index in [2.05, 4.69) is 15.7 Å². The van der Waals surface area contributed by atoms with Crippen molar-refractivity contribution in [2.45, 2.75) is 51.1 Å². The van der Waals surface area contributed by atoms with Gasteiger partial charge >= 0.3 is 0 Å². The Labute approximate surface area is 124 Å². The standard InChI is InChI=1S/C15H22N4O2/c1-9-7-11(19(2)18-9)8-14(21)16-12-5-6-13(20)17-15(12)10-3-4-10/h7,10,12,15H,3-6,8H2,1-2H3,(H,16,21)(H,17,20)/t12-,15+/m1/s1. The molecule has 21 heavy (non-hydrogen) atoms. The molecule has 2 fully saturated rings. The van der Waals surface area contributed by atoms with Gasteiger partial charge < -0.3 is 10.6 Å². The Morgan fingerprint density at radius 2 is 2.24 bits per heavy atom. The third kappa shape index (κ3) is 3.25. The Hall–Kier alpha value is -1.85. The van der Waals surface area contributed by atoms with Crippen LogP contribution in [0.15, 0.2) is 6.07 Å². The van der Waals surface area contributed by atoms with E-state index in [0.717, 1.165) is 30.7 Å². The zero-order valence-electron chi connectivity index (χ0n) is 12.6. The van der Waals surface area contributed by atoms with Gasteiger partial charge in [-0.1, -0.05) is 0 Å². The average Bonchev–Trinajstić information content (AvgIpc) is 3.19. The molecule has 2 N–H and O–H groups in total. The van der Waals surface area contributed by atoms with Gasteiger partial charge in [0.05, 0.1) is 18.2 Å². The fraction of sp³-hybridized carbons (Fsp3) is 0.667. The minimum atomic E-state index is 0.00444. The summed E-state index contributed by atoms with van der Waals surface area (Å²) in [6, 6.07) is 2.11. The van der Waals surface area contributed by atoms with Crippen LogP contribution in [0.2, 0.25) is 0 Å². The van der Waals surface area contributed by atoms with E-state index in [0.29, 0.717) is 18.8 Å². The van der Waals surface area contributed by atoms with E-state index in [1.54, 1.807) is 4.68 Å². The van der Waals surface area contributed by atoms with Crippen molar-refractivity contribution in [1.29, 1.82) is 0 Å². The number of carbonyl (C=O) groups excluding carboxylic acids is 2. The van der Waals surface area contributed by atoms with Gasteiger partial charge in [-0.05, 0) is 38.2 Å². The maximum Gasteiger partial charge on any atom is 0.226 e. The van der Waals surface area contributed by atoms with E-state index in [4.69, 9.17) is 0 Å².